The zero-order valence-corrected chi connectivity index (χ0v) is 16.1. The molecule has 1 saturated heterocycles. The molecule has 0 aliphatic carbocycles. The van der Waals surface area contributed by atoms with Gasteiger partial charge in [0.25, 0.3) is 0 Å². The zero-order chi connectivity index (χ0) is 18.3. The average Bonchev–Trinajstić information content (AvgIpc) is 2.74. The Hall–Kier alpha value is 0.0800. The van der Waals surface area contributed by atoms with Crippen molar-refractivity contribution in [2.24, 2.45) is 5.92 Å². The lowest BCUT2D eigenvalue weighted by Crippen LogP contribution is -2.34. The van der Waals surface area contributed by atoms with Gasteiger partial charge in [-0.05, 0) is 39.0 Å². The van der Waals surface area contributed by atoms with Gasteiger partial charge in [0.15, 0.2) is 0 Å². The first-order chi connectivity index (χ1) is 11.2. The lowest BCUT2D eigenvalue weighted by Gasteiger charge is -2.20. The Morgan fingerprint density at radius 1 is 1.29 bits per heavy atom. The van der Waals surface area contributed by atoms with Crippen LogP contribution in [-0.2, 0) is 13.6 Å². The van der Waals surface area contributed by atoms with E-state index in [1.165, 1.54) is 5.57 Å². The summed E-state index contributed by atoms with van der Waals surface area (Å²) in [5, 5.41) is 27.9. The highest BCUT2D eigenvalue weighted by atomic mass is 32.2. The summed E-state index contributed by atoms with van der Waals surface area (Å²) in [6.45, 7) is 5.84. The molecule has 1 fully saturated rings. The maximum absolute atomic E-state index is 11.9. The molecule has 0 amide bonds. The van der Waals surface area contributed by atoms with E-state index in [2.05, 4.69) is 6.08 Å². The second kappa shape index (κ2) is 10.3. The van der Waals surface area contributed by atoms with Gasteiger partial charge in [-0.2, -0.15) is 0 Å². The zero-order valence-electron chi connectivity index (χ0n) is 14.4. The van der Waals surface area contributed by atoms with E-state index in [0.29, 0.717) is 12.3 Å². The molecule has 1 heterocycles. The first-order valence-corrected chi connectivity index (χ1v) is 10.5. The molecule has 0 spiro atoms. The van der Waals surface area contributed by atoms with Gasteiger partial charge in [-0.3, -0.25) is 9.05 Å². The topological polar surface area (TPSA) is 116 Å². The fraction of sp³-hybridized carbons (Fsp3) is 0.867. The number of aliphatic hydroxyl groups excluding tert-OH is 3. The largest absolute Gasteiger partial charge is 0.473 e. The van der Waals surface area contributed by atoms with Crippen molar-refractivity contribution in [1.29, 1.82) is 0 Å². The molecule has 0 aromatic carbocycles. The summed E-state index contributed by atoms with van der Waals surface area (Å²) >= 11 is 0.916. The van der Waals surface area contributed by atoms with E-state index in [1.54, 1.807) is 0 Å². The third-order valence-electron chi connectivity index (χ3n) is 3.81. The molecule has 142 valence electrons. The van der Waals surface area contributed by atoms with Crippen molar-refractivity contribution in [1.82, 2.24) is 0 Å². The van der Waals surface area contributed by atoms with E-state index in [-0.39, 0.29) is 13.2 Å². The summed E-state index contributed by atoms with van der Waals surface area (Å²) in [6.07, 6.45) is 2.14. The number of hydrogen-bond donors (Lipinski definition) is 4. The minimum Gasteiger partial charge on any atom is -0.395 e. The normalized spacial score (nSPS) is 30.8. The predicted octanol–water partition coefficient (Wildman–Crippen LogP) is 2.05. The molecule has 2 unspecified atom stereocenters. The standard InChI is InChI=1S/C15H29O7PS/c1-10(2)5-4-6-11(3)7-8-21-23(19,20)22-15-14(18)13(17)12(9-16)24-15/h5,11-18H,4,6-9H2,1-3H3,(H,19,20)/t11?,12-,13-,14+,15-/m1/s1. The molecule has 6 atom stereocenters. The first kappa shape index (κ1) is 22.1. The third-order valence-corrected chi connectivity index (χ3v) is 6.38. The Labute approximate surface area is 147 Å². The highest BCUT2D eigenvalue weighted by molar-refractivity contribution is 8.00. The van der Waals surface area contributed by atoms with Gasteiger partial charge >= 0.3 is 7.82 Å². The van der Waals surface area contributed by atoms with Gasteiger partial charge in [-0.15, -0.1) is 11.8 Å². The van der Waals surface area contributed by atoms with Gasteiger partial charge in [0, 0.05) is 0 Å². The molecule has 4 N–H and O–H groups in total. The summed E-state index contributed by atoms with van der Waals surface area (Å²) in [5.74, 6) is 0.340. The molecule has 0 aromatic rings. The van der Waals surface area contributed by atoms with Crippen molar-refractivity contribution in [2.45, 2.75) is 62.9 Å². The van der Waals surface area contributed by atoms with Gasteiger partial charge in [0.1, 0.15) is 11.5 Å². The van der Waals surface area contributed by atoms with Crippen molar-refractivity contribution in [3.8, 4) is 0 Å². The molecule has 0 saturated carbocycles. The van der Waals surface area contributed by atoms with Gasteiger partial charge in [0.2, 0.25) is 0 Å². The fourth-order valence-corrected chi connectivity index (χ4v) is 4.67. The van der Waals surface area contributed by atoms with Crippen molar-refractivity contribution in [2.75, 3.05) is 13.2 Å². The molecule has 24 heavy (non-hydrogen) atoms. The number of rotatable bonds is 10. The minimum atomic E-state index is -4.33. The number of aliphatic hydroxyl groups is 3. The summed E-state index contributed by atoms with van der Waals surface area (Å²) in [4.78, 5) is 9.73. The Bertz CT molecular complexity index is 455. The van der Waals surface area contributed by atoms with Crippen LogP contribution in [-0.4, -0.2) is 56.3 Å². The Balaban J connectivity index is 2.34. The Morgan fingerprint density at radius 3 is 2.50 bits per heavy atom. The molecule has 1 aliphatic rings. The number of phosphoric acid groups is 1. The summed E-state index contributed by atoms with van der Waals surface area (Å²) < 4.78 is 21.8. The highest BCUT2D eigenvalue weighted by Crippen LogP contribution is 2.50. The number of phosphoric ester groups is 1. The van der Waals surface area contributed by atoms with Gasteiger partial charge in [-0.1, -0.05) is 18.6 Å². The highest BCUT2D eigenvalue weighted by Gasteiger charge is 2.45. The van der Waals surface area contributed by atoms with Gasteiger partial charge < -0.3 is 20.2 Å². The molecule has 7 nitrogen and oxygen atoms in total. The molecular formula is C15H29O7PS. The van der Waals surface area contributed by atoms with Crippen molar-refractivity contribution in [3.05, 3.63) is 11.6 Å². The van der Waals surface area contributed by atoms with Crippen LogP contribution in [0.25, 0.3) is 0 Å². The molecular weight excluding hydrogens is 355 g/mol. The van der Waals surface area contributed by atoms with Crippen molar-refractivity contribution >= 4 is 19.6 Å². The van der Waals surface area contributed by atoms with Gasteiger partial charge in [0.05, 0.1) is 24.6 Å². The second-order valence-corrected chi connectivity index (χ2v) is 9.11. The predicted molar refractivity (Wildman–Crippen MR) is 93.6 cm³/mol. The molecule has 9 heteroatoms. The Morgan fingerprint density at radius 2 is 1.96 bits per heavy atom. The van der Waals surface area contributed by atoms with E-state index in [0.717, 1.165) is 24.6 Å². The maximum atomic E-state index is 11.9. The van der Waals surface area contributed by atoms with Crippen LogP contribution < -0.4 is 0 Å². The van der Waals surface area contributed by atoms with E-state index < -0.39 is 30.7 Å². The maximum Gasteiger partial charge on any atom is 0.473 e. The quantitative estimate of drug-likeness (QED) is 0.334. The average molecular weight is 384 g/mol. The number of hydrogen-bond acceptors (Lipinski definition) is 7. The van der Waals surface area contributed by atoms with E-state index in [4.69, 9.17) is 14.2 Å². The van der Waals surface area contributed by atoms with Crippen LogP contribution >= 0.6 is 19.6 Å². The second-order valence-electron chi connectivity index (χ2n) is 6.37. The van der Waals surface area contributed by atoms with Crippen molar-refractivity contribution in [3.63, 3.8) is 0 Å². The molecule has 0 aromatic heterocycles. The molecule has 0 radical (unpaired) electrons. The summed E-state index contributed by atoms with van der Waals surface area (Å²) in [5.41, 5.74) is 0.158. The van der Waals surface area contributed by atoms with Crippen LogP contribution in [0.1, 0.15) is 40.0 Å². The fourth-order valence-electron chi connectivity index (χ4n) is 2.28. The van der Waals surface area contributed by atoms with E-state index in [9.17, 15) is 19.7 Å². The van der Waals surface area contributed by atoms with Crippen LogP contribution in [0.15, 0.2) is 11.6 Å². The molecule has 0 bridgehead atoms. The first-order valence-electron chi connectivity index (χ1n) is 8.08. The van der Waals surface area contributed by atoms with Crippen LogP contribution in [0, 0.1) is 5.92 Å². The van der Waals surface area contributed by atoms with E-state index >= 15 is 0 Å². The number of thioether (sulfide) groups is 1. The smallest absolute Gasteiger partial charge is 0.395 e. The lowest BCUT2D eigenvalue weighted by molar-refractivity contribution is -0.0203. The summed E-state index contributed by atoms with van der Waals surface area (Å²) in [7, 11) is -4.33. The van der Waals surface area contributed by atoms with Crippen LogP contribution in [0.4, 0.5) is 0 Å². The summed E-state index contributed by atoms with van der Waals surface area (Å²) in [6, 6.07) is 0. The molecule has 1 aliphatic heterocycles. The van der Waals surface area contributed by atoms with Crippen molar-refractivity contribution < 1.29 is 33.8 Å². The van der Waals surface area contributed by atoms with Crippen LogP contribution in [0.2, 0.25) is 0 Å². The lowest BCUT2D eigenvalue weighted by atomic mass is 10.0. The van der Waals surface area contributed by atoms with E-state index in [1.807, 2.05) is 20.8 Å². The van der Waals surface area contributed by atoms with Crippen LogP contribution in [0.3, 0.4) is 0 Å². The SMILES string of the molecule is CC(C)=CCCC(C)CCOP(=O)(O)O[C@@H]1S[C@H](CO)[C@@H](O)[C@@H]1O. The molecule has 1 rings (SSSR count). The monoisotopic (exact) mass is 384 g/mol. The Kier molecular flexibility index (Phi) is 9.48. The van der Waals surface area contributed by atoms with Gasteiger partial charge in [-0.25, -0.2) is 4.57 Å². The third kappa shape index (κ3) is 7.54. The van der Waals surface area contributed by atoms with Crippen LogP contribution in [0.5, 0.6) is 0 Å². The minimum absolute atomic E-state index is 0.0726. The number of allylic oxidation sites excluding steroid dienone is 2.